The molecule has 0 amide bonds. The Bertz CT molecular complexity index is 911. The van der Waals surface area contributed by atoms with Crippen molar-refractivity contribution in [3.63, 3.8) is 0 Å². The fourth-order valence-electron chi connectivity index (χ4n) is 2.99. The lowest BCUT2D eigenvalue weighted by atomic mass is 10.1. The van der Waals surface area contributed by atoms with E-state index in [0.717, 1.165) is 48.4 Å². The second-order valence-corrected chi connectivity index (χ2v) is 6.93. The number of nitrogens with one attached hydrogen (secondary N) is 2. The summed E-state index contributed by atoms with van der Waals surface area (Å²) in [5.41, 5.74) is 4.13. The Hall–Kier alpha value is -2.64. The Kier molecular flexibility index (Phi) is 5.22. The minimum absolute atomic E-state index is 0.0394. The first-order chi connectivity index (χ1) is 13.2. The highest BCUT2D eigenvalue weighted by atomic mass is 35.5. The number of ether oxygens (including phenoxy) is 1. The number of aryl methyl sites for hydroxylation is 1. The van der Waals surface area contributed by atoms with Crippen molar-refractivity contribution in [1.82, 2.24) is 25.1 Å². The van der Waals surface area contributed by atoms with Crippen LogP contribution in [0, 0.1) is 0 Å². The van der Waals surface area contributed by atoms with Crippen LogP contribution in [0.5, 0.6) is 5.88 Å². The fourth-order valence-corrected chi connectivity index (χ4v) is 3.10. The van der Waals surface area contributed by atoms with Crippen LogP contribution in [0.4, 0.5) is 5.69 Å². The number of halogens is 1. The Balaban J connectivity index is 1.29. The van der Waals surface area contributed by atoms with Gasteiger partial charge in [-0.1, -0.05) is 17.7 Å². The number of rotatable bonds is 6. The molecule has 0 fully saturated rings. The van der Waals surface area contributed by atoms with E-state index in [0.29, 0.717) is 11.0 Å². The van der Waals surface area contributed by atoms with Crippen molar-refractivity contribution < 1.29 is 4.74 Å². The molecule has 0 radical (unpaired) electrons. The average molecular weight is 385 g/mol. The molecule has 8 heteroatoms. The van der Waals surface area contributed by atoms with Gasteiger partial charge in [-0.2, -0.15) is 5.10 Å². The average Bonchev–Trinajstić information content (AvgIpc) is 3.12. The minimum atomic E-state index is 0.0394. The van der Waals surface area contributed by atoms with Crippen molar-refractivity contribution >= 4 is 17.3 Å². The first-order valence-electron chi connectivity index (χ1n) is 8.88. The Morgan fingerprint density at radius 2 is 2.19 bits per heavy atom. The molecule has 140 valence electrons. The van der Waals surface area contributed by atoms with Gasteiger partial charge in [-0.05, 0) is 30.7 Å². The number of aromatic nitrogens is 4. The van der Waals surface area contributed by atoms with Crippen LogP contribution < -0.4 is 15.4 Å². The summed E-state index contributed by atoms with van der Waals surface area (Å²) in [5, 5.41) is 11.6. The molecule has 3 aromatic heterocycles. The van der Waals surface area contributed by atoms with E-state index >= 15 is 0 Å². The number of fused-ring (bicyclic) bond motifs is 1. The third kappa shape index (κ3) is 4.37. The molecule has 0 aliphatic carbocycles. The van der Waals surface area contributed by atoms with Crippen molar-refractivity contribution in [2.24, 2.45) is 7.05 Å². The van der Waals surface area contributed by atoms with Crippen LogP contribution in [0.1, 0.15) is 5.56 Å². The van der Waals surface area contributed by atoms with E-state index in [1.54, 1.807) is 4.68 Å². The Labute approximate surface area is 162 Å². The largest absolute Gasteiger partial charge is 0.470 e. The zero-order valence-corrected chi connectivity index (χ0v) is 15.8. The predicted molar refractivity (Wildman–Crippen MR) is 105 cm³/mol. The number of anilines is 1. The molecule has 1 aliphatic heterocycles. The first kappa shape index (κ1) is 17.8. The van der Waals surface area contributed by atoms with E-state index in [1.807, 2.05) is 44.0 Å². The van der Waals surface area contributed by atoms with Gasteiger partial charge in [0.1, 0.15) is 11.3 Å². The SMILES string of the molecule is Cn1cc(-c2cnc3c(c2)NCC(CNCCc2ccc(Cl)nc2)O3)cn1. The van der Waals surface area contributed by atoms with Gasteiger partial charge in [0.05, 0.1) is 18.4 Å². The fraction of sp³-hybridized carbons (Fsp3) is 0.316. The molecule has 0 bridgehead atoms. The summed E-state index contributed by atoms with van der Waals surface area (Å²) in [6.45, 7) is 2.34. The quantitative estimate of drug-likeness (QED) is 0.502. The number of hydrogen-bond donors (Lipinski definition) is 2. The topological polar surface area (TPSA) is 76.9 Å². The molecule has 4 rings (SSSR count). The minimum Gasteiger partial charge on any atom is -0.470 e. The molecule has 2 N–H and O–H groups in total. The summed E-state index contributed by atoms with van der Waals surface area (Å²) >= 11 is 5.80. The standard InChI is InChI=1S/C19H21ClN6O/c1-26-12-15(9-25-26)14-6-17-19(24-8-14)27-16(11-22-17)10-21-5-4-13-2-3-18(20)23-7-13/h2-3,6-9,12,16,21-22H,4-5,10-11H2,1H3. The molecule has 1 unspecified atom stereocenters. The number of hydrogen-bond acceptors (Lipinski definition) is 6. The van der Waals surface area contributed by atoms with Gasteiger partial charge < -0.3 is 15.4 Å². The molecule has 1 atom stereocenters. The zero-order chi connectivity index (χ0) is 18.6. The highest BCUT2D eigenvalue weighted by molar-refractivity contribution is 6.29. The molecular formula is C19H21ClN6O. The highest BCUT2D eigenvalue weighted by Crippen LogP contribution is 2.30. The molecule has 0 spiro atoms. The second-order valence-electron chi connectivity index (χ2n) is 6.54. The maximum Gasteiger partial charge on any atom is 0.237 e. The van der Waals surface area contributed by atoms with E-state index in [-0.39, 0.29) is 6.10 Å². The monoisotopic (exact) mass is 384 g/mol. The Morgan fingerprint density at radius 3 is 2.96 bits per heavy atom. The molecular weight excluding hydrogens is 364 g/mol. The van der Waals surface area contributed by atoms with Gasteiger partial charge in [0.15, 0.2) is 0 Å². The molecule has 3 aromatic rings. The van der Waals surface area contributed by atoms with Crippen LogP contribution >= 0.6 is 11.6 Å². The molecule has 4 heterocycles. The summed E-state index contributed by atoms with van der Waals surface area (Å²) < 4.78 is 7.79. The van der Waals surface area contributed by atoms with E-state index in [1.165, 1.54) is 0 Å². The summed E-state index contributed by atoms with van der Waals surface area (Å²) in [5.74, 6) is 0.641. The summed E-state index contributed by atoms with van der Waals surface area (Å²) in [6, 6.07) is 5.86. The number of pyridine rings is 2. The van der Waals surface area contributed by atoms with E-state index < -0.39 is 0 Å². The molecule has 1 aliphatic rings. The second kappa shape index (κ2) is 7.94. The lowest BCUT2D eigenvalue weighted by Crippen LogP contribution is -2.40. The zero-order valence-electron chi connectivity index (χ0n) is 15.0. The molecule has 27 heavy (non-hydrogen) atoms. The van der Waals surface area contributed by atoms with Crippen LogP contribution in [-0.2, 0) is 13.5 Å². The lowest BCUT2D eigenvalue weighted by molar-refractivity contribution is 0.194. The molecule has 0 saturated carbocycles. The molecule has 0 aromatic carbocycles. The van der Waals surface area contributed by atoms with E-state index in [9.17, 15) is 0 Å². The van der Waals surface area contributed by atoms with Crippen molar-refractivity contribution in [2.75, 3.05) is 25.0 Å². The van der Waals surface area contributed by atoms with Crippen LogP contribution in [0.25, 0.3) is 11.1 Å². The van der Waals surface area contributed by atoms with Gasteiger partial charge in [-0.25, -0.2) is 9.97 Å². The normalized spacial score (nSPS) is 15.7. The lowest BCUT2D eigenvalue weighted by Gasteiger charge is -2.27. The Morgan fingerprint density at radius 1 is 1.26 bits per heavy atom. The molecule has 7 nitrogen and oxygen atoms in total. The van der Waals surface area contributed by atoms with Gasteiger partial charge in [0.25, 0.3) is 0 Å². The maximum absolute atomic E-state index is 6.01. The summed E-state index contributed by atoms with van der Waals surface area (Å²) in [6.07, 6.45) is 8.36. The van der Waals surface area contributed by atoms with Crippen molar-refractivity contribution in [3.05, 3.63) is 53.7 Å². The van der Waals surface area contributed by atoms with Crippen LogP contribution in [-0.4, -0.2) is 45.5 Å². The highest BCUT2D eigenvalue weighted by Gasteiger charge is 2.20. The first-order valence-corrected chi connectivity index (χ1v) is 9.26. The number of nitrogens with zero attached hydrogens (tertiary/aromatic N) is 4. The van der Waals surface area contributed by atoms with Crippen molar-refractivity contribution in [1.29, 1.82) is 0 Å². The summed E-state index contributed by atoms with van der Waals surface area (Å²) in [4.78, 5) is 8.56. The van der Waals surface area contributed by atoms with Gasteiger partial charge in [0, 0.05) is 43.3 Å². The van der Waals surface area contributed by atoms with E-state index in [2.05, 4.69) is 31.8 Å². The van der Waals surface area contributed by atoms with Crippen molar-refractivity contribution in [2.45, 2.75) is 12.5 Å². The van der Waals surface area contributed by atoms with E-state index in [4.69, 9.17) is 16.3 Å². The van der Waals surface area contributed by atoms with Crippen molar-refractivity contribution in [3.8, 4) is 17.0 Å². The smallest absolute Gasteiger partial charge is 0.237 e. The van der Waals surface area contributed by atoms with Crippen LogP contribution in [0.15, 0.2) is 43.0 Å². The van der Waals surface area contributed by atoms with Crippen LogP contribution in [0.2, 0.25) is 5.15 Å². The third-order valence-corrected chi connectivity index (χ3v) is 4.66. The maximum atomic E-state index is 6.01. The van der Waals surface area contributed by atoms with Crippen LogP contribution in [0.3, 0.4) is 0 Å². The predicted octanol–water partition coefficient (Wildman–Crippen LogP) is 2.54. The van der Waals surface area contributed by atoms with Gasteiger partial charge >= 0.3 is 0 Å². The third-order valence-electron chi connectivity index (χ3n) is 4.44. The van der Waals surface area contributed by atoms with Gasteiger partial charge in [0.2, 0.25) is 5.88 Å². The van der Waals surface area contributed by atoms with Gasteiger partial charge in [-0.3, -0.25) is 4.68 Å². The van der Waals surface area contributed by atoms with Gasteiger partial charge in [-0.15, -0.1) is 0 Å². The summed E-state index contributed by atoms with van der Waals surface area (Å²) in [7, 11) is 1.90. The molecule has 0 saturated heterocycles.